The van der Waals surface area contributed by atoms with Crippen LogP contribution in [0, 0.1) is 0 Å². The van der Waals surface area contributed by atoms with Crippen LogP contribution in [0.1, 0.15) is 29.3 Å². The number of benzene rings is 2. The van der Waals surface area contributed by atoms with Gasteiger partial charge in [-0.25, -0.2) is 0 Å². The van der Waals surface area contributed by atoms with Gasteiger partial charge in [0.1, 0.15) is 23.3 Å². The molecule has 3 heterocycles. The van der Waals surface area contributed by atoms with Crippen molar-refractivity contribution in [2.45, 2.75) is 18.9 Å². The summed E-state index contributed by atoms with van der Waals surface area (Å²) in [6.07, 6.45) is 3.15. The van der Waals surface area contributed by atoms with Crippen LogP contribution >= 0.6 is 11.6 Å². The van der Waals surface area contributed by atoms with E-state index in [-0.39, 0.29) is 11.3 Å². The van der Waals surface area contributed by atoms with Crippen molar-refractivity contribution < 1.29 is 23.8 Å². The summed E-state index contributed by atoms with van der Waals surface area (Å²) in [6.45, 7) is 0.654. The maximum Gasteiger partial charge on any atom is 0.300 e. The van der Waals surface area contributed by atoms with Crippen molar-refractivity contribution in [1.29, 1.82) is 0 Å². The van der Waals surface area contributed by atoms with Gasteiger partial charge in [-0.1, -0.05) is 17.7 Å². The van der Waals surface area contributed by atoms with Crippen LogP contribution in [0.3, 0.4) is 0 Å². The van der Waals surface area contributed by atoms with E-state index < -0.39 is 17.7 Å². The summed E-state index contributed by atoms with van der Waals surface area (Å²) in [7, 11) is 0. The van der Waals surface area contributed by atoms with Crippen LogP contribution in [0.5, 0.6) is 5.75 Å². The lowest BCUT2D eigenvalue weighted by molar-refractivity contribution is -0.132. The molecule has 1 unspecified atom stereocenters. The van der Waals surface area contributed by atoms with Gasteiger partial charge in [0.15, 0.2) is 0 Å². The number of furan rings is 1. The van der Waals surface area contributed by atoms with E-state index >= 15 is 0 Å². The Morgan fingerprint density at radius 2 is 1.97 bits per heavy atom. The summed E-state index contributed by atoms with van der Waals surface area (Å²) in [4.78, 5) is 27.4. The molecule has 1 N–H and O–H groups in total. The van der Waals surface area contributed by atoms with Gasteiger partial charge in [-0.2, -0.15) is 0 Å². The van der Waals surface area contributed by atoms with E-state index in [4.69, 9.17) is 20.8 Å². The van der Waals surface area contributed by atoms with Crippen molar-refractivity contribution in [1.82, 2.24) is 0 Å². The van der Waals surface area contributed by atoms with Gasteiger partial charge in [0.25, 0.3) is 11.7 Å². The number of ether oxygens (including phenoxy) is 1. The van der Waals surface area contributed by atoms with Crippen molar-refractivity contribution in [3.63, 3.8) is 0 Å². The van der Waals surface area contributed by atoms with E-state index in [0.717, 1.165) is 24.2 Å². The van der Waals surface area contributed by atoms with Gasteiger partial charge in [0.2, 0.25) is 0 Å². The largest absolute Gasteiger partial charge is 0.507 e. The van der Waals surface area contributed by atoms with E-state index in [1.54, 1.807) is 54.6 Å². The average molecular weight is 436 g/mol. The Morgan fingerprint density at radius 3 is 2.74 bits per heavy atom. The van der Waals surface area contributed by atoms with E-state index in [1.165, 1.54) is 11.2 Å². The smallest absolute Gasteiger partial charge is 0.300 e. The number of nitrogens with zero attached hydrogens (tertiary/aromatic N) is 1. The number of anilines is 1. The quantitative estimate of drug-likeness (QED) is 0.360. The van der Waals surface area contributed by atoms with Gasteiger partial charge >= 0.3 is 0 Å². The van der Waals surface area contributed by atoms with E-state index in [0.29, 0.717) is 28.6 Å². The fourth-order valence-electron chi connectivity index (χ4n) is 4.10. The second-order valence-electron chi connectivity index (χ2n) is 7.44. The number of halogens is 1. The third-order valence-corrected chi connectivity index (χ3v) is 5.76. The highest BCUT2D eigenvalue weighted by Gasteiger charge is 2.48. The van der Waals surface area contributed by atoms with Crippen molar-refractivity contribution in [2.75, 3.05) is 11.5 Å². The zero-order chi connectivity index (χ0) is 21.5. The molecule has 3 aromatic rings. The minimum absolute atomic E-state index is 0.0309. The molecule has 0 radical (unpaired) electrons. The molecule has 1 atom stereocenters. The number of fused-ring (bicyclic) bond motifs is 1. The van der Waals surface area contributed by atoms with E-state index in [9.17, 15) is 14.7 Å². The second kappa shape index (κ2) is 7.63. The molecule has 6 nitrogen and oxygen atoms in total. The molecular formula is C24H18ClNO5. The molecule has 1 amide bonds. The maximum atomic E-state index is 13.1. The van der Waals surface area contributed by atoms with E-state index in [1.807, 2.05) is 0 Å². The number of hydrogen-bond acceptors (Lipinski definition) is 5. The van der Waals surface area contributed by atoms with Crippen LogP contribution in [0.4, 0.5) is 5.69 Å². The number of ketones is 1. The van der Waals surface area contributed by atoms with Crippen molar-refractivity contribution in [3.05, 3.63) is 88.3 Å². The number of amides is 1. The predicted octanol–water partition coefficient (Wildman–Crippen LogP) is 4.88. The third-order valence-electron chi connectivity index (χ3n) is 5.53. The second-order valence-corrected chi connectivity index (χ2v) is 7.88. The van der Waals surface area contributed by atoms with Crippen LogP contribution in [-0.2, 0) is 16.0 Å². The predicted molar refractivity (Wildman–Crippen MR) is 115 cm³/mol. The Morgan fingerprint density at radius 1 is 1.10 bits per heavy atom. The first-order chi connectivity index (χ1) is 15.0. The molecular weight excluding hydrogens is 418 g/mol. The molecule has 7 heteroatoms. The number of aliphatic hydroxyl groups is 1. The Balaban J connectivity index is 1.68. The van der Waals surface area contributed by atoms with Gasteiger partial charge in [-0.05, 0) is 66.9 Å². The van der Waals surface area contributed by atoms with Crippen molar-refractivity contribution in [2.24, 2.45) is 0 Å². The van der Waals surface area contributed by atoms with Gasteiger partial charge in [0.05, 0.1) is 18.4 Å². The first-order valence-electron chi connectivity index (χ1n) is 9.90. The van der Waals surface area contributed by atoms with Crippen LogP contribution in [-0.4, -0.2) is 23.4 Å². The maximum absolute atomic E-state index is 13.1. The summed E-state index contributed by atoms with van der Waals surface area (Å²) in [5.74, 6) is -0.663. The number of Topliss-reactive ketones (excluding diaryl/α,β-unsaturated/α-hetero) is 1. The van der Waals surface area contributed by atoms with E-state index in [2.05, 4.69) is 0 Å². The molecule has 1 fully saturated rings. The van der Waals surface area contributed by atoms with Gasteiger partial charge in [-0.15, -0.1) is 0 Å². The first-order valence-corrected chi connectivity index (χ1v) is 10.3. The fraction of sp³-hybridized carbons (Fsp3) is 0.167. The van der Waals surface area contributed by atoms with Gasteiger partial charge < -0.3 is 14.3 Å². The zero-order valence-corrected chi connectivity index (χ0v) is 17.1. The molecule has 2 aromatic carbocycles. The normalized spacial score (nSPS) is 19.9. The Bertz CT molecular complexity index is 1210. The highest BCUT2D eigenvalue weighted by atomic mass is 35.5. The molecule has 0 bridgehead atoms. The standard InChI is InChI=1S/C24H18ClNO5/c25-16-5-1-6-17(13-16)26-21(19-7-3-11-31-19)20(23(28)24(26)29)22(27)15-8-9-18-14(12-15)4-2-10-30-18/h1,3,5-9,11-13,21,27H,2,4,10H2/b22-20-. The van der Waals surface area contributed by atoms with Crippen LogP contribution in [0.25, 0.3) is 5.76 Å². The van der Waals surface area contributed by atoms with Crippen LogP contribution < -0.4 is 9.64 Å². The lowest BCUT2D eigenvalue weighted by atomic mass is 9.96. The molecule has 31 heavy (non-hydrogen) atoms. The lowest BCUT2D eigenvalue weighted by Crippen LogP contribution is -2.29. The van der Waals surface area contributed by atoms with Gasteiger partial charge in [0, 0.05) is 16.3 Å². The first kappa shape index (κ1) is 19.5. The summed E-state index contributed by atoms with van der Waals surface area (Å²) >= 11 is 6.12. The molecule has 2 aliphatic heterocycles. The molecule has 2 aliphatic rings. The van der Waals surface area contributed by atoms with Crippen LogP contribution in [0.15, 0.2) is 70.9 Å². The summed E-state index contributed by atoms with van der Waals surface area (Å²) in [5, 5.41) is 11.6. The molecule has 1 aromatic heterocycles. The number of carbonyl (C=O) groups is 2. The van der Waals surface area contributed by atoms with Gasteiger partial charge in [-0.3, -0.25) is 14.5 Å². The Kier molecular flexibility index (Phi) is 4.79. The lowest BCUT2D eigenvalue weighted by Gasteiger charge is -2.23. The number of aliphatic hydroxyl groups excluding tert-OH is 1. The Labute approximate surface area is 183 Å². The van der Waals surface area contributed by atoms with Crippen LogP contribution in [0.2, 0.25) is 5.02 Å². The minimum atomic E-state index is -0.916. The molecule has 1 saturated heterocycles. The highest BCUT2D eigenvalue weighted by molar-refractivity contribution is 6.51. The molecule has 5 rings (SSSR count). The Hall–Kier alpha value is -3.51. The van der Waals surface area contributed by atoms with Crippen molar-refractivity contribution in [3.8, 4) is 5.75 Å². The minimum Gasteiger partial charge on any atom is -0.507 e. The zero-order valence-electron chi connectivity index (χ0n) is 16.4. The fourth-order valence-corrected chi connectivity index (χ4v) is 4.29. The molecule has 0 spiro atoms. The topological polar surface area (TPSA) is 80.0 Å². The number of hydrogen-bond donors (Lipinski definition) is 1. The third kappa shape index (κ3) is 3.29. The highest BCUT2D eigenvalue weighted by Crippen LogP contribution is 2.43. The molecule has 156 valence electrons. The molecule has 0 saturated carbocycles. The number of rotatable bonds is 3. The number of aryl methyl sites for hydroxylation is 1. The number of carbonyl (C=O) groups excluding carboxylic acids is 2. The summed E-state index contributed by atoms with van der Waals surface area (Å²) in [5.41, 5.74) is 1.81. The molecule has 0 aliphatic carbocycles. The monoisotopic (exact) mass is 435 g/mol. The summed E-state index contributed by atoms with van der Waals surface area (Å²) < 4.78 is 11.2. The summed E-state index contributed by atoms with van der Waals surface area (Å²) in [6, 6.07) is 14.3. The SMILES string of the molecule is O=C1C(=O)N(c2cccc(Cl)c2)C(c2ccco2)/C1=C(/O)c1ccc2c(c1)CCCO2. The average Bonchev–Trinajstić information content (AvgIpc) is 3.40. The van der Waals surface area contributed by atoms with Crippen molar-refractivity contribution >= 4 is 34.7 Å².